The van der Waals surface area contributed by atoms with Crippen LogP contribution in [0, 0.1) is 0 Å². The Balaban J connectivity index is 1.47. The number of carbonyl (C=O) groups is 1. The van der Waals surface area contributed by atoms with E-state index in [0.29, 0.717) is 23.6 Å². The Morgan fingerprint density at radius 1 is 1.16 bits per heavy atom. The molecule has 2 amide bonds. The Morgan fingerprint density at radius 3 is 2.68 bits per heavy atom. The van der Waals surface area contributed by atoms with Crippen molar-refractivity contribution < 1.29 is 9.90 Å². The van der Waals surface area contributed by atoms with E-state index >= 15 is 0 Å². The number of fused-ring (bicyclic) bond motifs is 1. The molecule has 0 aliphatic heterocycles. The van der Waals surface area contributed by atoms with Gasteiger partial charge in [0.2, 0.25) is 0 Å². The van der Waals surface area contributed by atoms with Crippen LogP contribution in [-0.4, -0.2) is 42.1 Å². The summed E-state index contributed by atoms with van der Waals surface area (Å²) in [5, 5.41) is 31.0. The number of aliphatic hydroxyl groups is 1. The quantitative estimate of drug-likeness (QED) is 0.326. The second-order valence-electron chi connectivity index (χ2n) is 8.19. The molecule has 9 heteroatoms. The Morgan fingerprint density at radius 2 is 1.94 bits per heavy atom. The smallest absolute Gasteiger partial charge is 0.320 e. The van der Waals surface area contributed by atoms with Crippen LogP contribution in [0.1, 0.15) is 38.1 Å². The monoisotopic (exact) mass is 419 g/mol. The largest absolute Gasteiger partial charge is 0.390 e. The molecular formula is C22H25N7O2. The second kappa shape index (κ2) is 8.19. The van der Waals surface area contributed by atoms with Crippen LogP contribution in [0.2, 0.25) is 0 Å². The Hall–Kier alpha value is -3.72. The van der Waals surface area contributed by atoms with E-state index in [4.69, 9.17) is 0 Å². The van der Waals surface area contributed by atoms with Crippen molar-refractivity contribution in [2.45, 2.75) is 38.8 Å². The maximum Gasteiger partial charge on any atom is 0.320 e. The van der Waals surface area contributed by atoms with Crippen molar-refractivity contribution in [2.24, 2.45) is 0 Å². The molecule has 160 valence electrons. The summed E-state index contributed by atoms with van der Waals surface area (Å²) in [6.45, 7) is 5.40. The average molecular weight is 419 g/mol. The third-order valence-electron chi connectivity index (χ3n) is 4.83. The van der Waals surface area contributed by atoms with E-state index in [2.05, 4.69) is 36.0 Å². The van der Waals surface area contributed by atoms with Gasteiger partial charge in [-0.3, -0.25) is 15.5 Å². The van der Waals surface area contributed by atoms with Gasteiger partial charge in [0.25, 0.3) is 0 Å². The lowest BCUT2D eigenvalue weighted by molar-refractivity contribution is 0.0799. The predicted octanol–water partition coefficient (Wildman–Crippen LogP) is 3.54. The highest BCUT2D eigenvalue weighted by Gasteiger charge is 2.18. The SMILES string of the molecule is C[C@@H](NC(=O)Nc1cc2[nH]nc(-c3cc(CC(C)(C)O)[nH]n3)c2cn1)c1ccccc1. The molecule has 3 aromatic heterocycles. The number of benzene rings is 1. The summed E-state index contributed by atoms with van der Waals surface area (Å²) in [6, 6.07) is 12.8. The number of urea groups is 1. The normalized spacial score (nSPS) is 12.6. The average Bonchev–Trinajstić information content (AvgIpc) is 3.33. The lowest BCUT2D eigenvalue weighted by Crippen LogP contribution is -2.31. The standard InChI is InChI=1S/C22H25N7O2/c1-13(14-7-5-4-6-8-14)24-21(30)25-19-10-17-16(12-23-19)20(29-27-17)18-9-15(26-28-18)11-22(2,3)31/h4-10,12-13,31H,11H2,1-3H3,(H,26,28)(H,27,29)(H2,23,24,25,30)/t13-/m1/s1. The minimum Gasteiger partial charge on any atom is -0.390 e. The summed E-state index contributed by atoms with van der Waals surface area (Å²) >= 11 is 0. The second-order valence-corrected chi connectivity index (χ2v) is 8.19. The number of hydrogen-bond donors (Lipinski definition) is 5. The highest BCUT2D eigenvalue weighted by atomic mass is 16.3. The molecule has 31 heavy (non-hydrogen) atoms. The molecule has 0 unspecified atom stereocenters. The number of nitrogens with one attached hydrogen (secondary N) is 4. The minimum atomic E-state index is -0.835. The van der Waals surface area contributed by atoms with Gasteiger partial charge in [0.15, 0.2) is 0 Å². The van der Waals surface area contributed by atoms with E-state index in [9.17, 15) is 9.90 Å². The zero-order valence-corrected chi connectivity index (χ0v) is 17.6. The van der Waals surface area contributed by atoms with E-state index < -0.39 is 5.60 Å². The van der Waals surface area contributed by atoms with Crippen molar-refractivity contribution in [3.05, 3.63) is 59.9 Å². The van der Waals surface area contributed by atoms with Gasteiger partial charge in [-0.1, -0.05) is 30.3 Å². The fourth-order valence-corrected chi connectivity index (χ4v) is 3.39. The summed E-state index contributed by atoms with van der Waals surface area (Å²) in [5.74, 6) is 0.408. The molecule has 9 nitrogen and oxygen atoms in total. The van der Waals surface area contributed by atoms with Gasteiger partial charge < -0.3 is 10.4 Å². The molecule has 0 fully saturated rings. The number of aromatic amines is 2. The van der Waals surface area contributed by atoms with Gasteiger partial charge in [0, 0.05) is 29.8 Å². The molecule has 0 aliphatic rings. The molecule has 0 spiro atoms. The molecule has 3 heterocycles. The molecule has 0 saturated carbocycles. The van der Waals surface area contributed by atoms with Crippen molar-refractivity contribution >= 4 is 22.8 Å². The van der Waals surface area contributed by atoms with Gasteiger partial charge in [-0.2, -0.15) is 10.2 Å². The molecule has 5 N–H and O–H groups in total. The Labute approximate surface area is 179 Å². The van der Waals surface area contributed by atoms with Gasteiger partial charge >= 0.3 is 6.03 Å². The van der Waals surface area contributed by atoms with Gasteiger partial charge in [-0.05, 0) is 32.4 Å². The number of amides is 2. The van der Waals surface area contributed by atoms with Gasteiger partial charge in [-0.25, -0.2) is 9.78 Å². The Bertz CT molecular complexity index is 1190. The van der Waals surface area contributed by atoms with Crippen molar-refractivity contribution in [2.75, 3.05) is 5.32 Å². The van der Waals surface area contributed by atoms with E-state index in [1.807, 2.05) is 43.3 Å². The van der Waals surface area contributed by atoms with E-state index in [0.717, 1.165) is 22.2 Å². The Kier molecular flexibility index (Phi) is 5.43. The van der Waals surface area contributed by atoms with Crippen LogP contribution in [0.4, 0.5) is 10.6 Å². The summed E-state index contributed by atoms with van der Waals surface area (Å²) in [5.41, 5.74) is 3.02. The molecule has 0 saturated heterocycles. The van der Waals surface area contributed by atoms with Gasteiger partial charge in [0.1, 0.15) is 17.2 Å². The fourth-order valence-electron chi connectivity index (χ4n) is 3.39. The van der Waals surface area contributed by atoms with E-state index in [-0.39, 0.29) is 12.1 Å². The number of carbonyl (C=O) groups excluding carboxylic acids is 1. The molecule has 0 bridgehead atoms. The van der Waals surface area contributed by atoms with Crippen molar-refractivity contribution in [1.82, 2.24) is 30.7 Å². The number of rotatable bonds is 6. The molecule has 0 aliphatic carbocycles. The van der Waals surface area contributed by atoms with Gasteiger partial charge in [0.05, 0.1) is 17.2 Å². The number of pyridine rings is 1. The van der Waals surface area contributed by atoms with Crippen molar-refractivity contribution in [3.8, 4) is 11.4 Å². The first-order valence-corrected chi connectivity index (χ1v) is 10.0. The van der Waals surface area contributed by atoms with Crippen LogP contribution < -0.4 is 10.6 Å². The first-order valence-electron chi connectivity index (χ1n) is 10.0. The van der Waals surface area contributed by atoms with Gasteiger partial charge in [-0.15, -0.1) is 0 Å². The van der Waals surface area contributed by atoms with Crippen LogP contribution in [0.25, 0.3) is 22.3 Å². The zero-order valence-electron chi connectivity index (χ0n) is 17.6. The highest BCUT2D eigenvalue weighted by molar-refractivity contribution is 5.95. The highest BCUT2D eigenvalue weighted by Crippen LogP contribution is 2.26. The lowest BCUT2D eigenvalue weighted by atomic mass is 10.0. The minimum absolute atomic E-state index is 0.138. The lowest BCUT2D eigenvalue weighted by Gasteiger charge is -2.14. The molecule has 0 radical (unpaired) electrons. The molecular weight excluding hydrogens is 394 g/mol. The van der Waals surface area contributed by atoms with Crippen LogP contribution in [0.3, 0.4) is 0 Å². The summed E-state index contributed by atoms with van der Waals surface area (Å²) in [4.78, 5) is 16.7. The molecule has 1 aromatic carbocycles. The van der Waals surface area contributed by atoms with E-state index in [1.54, 1.807) is 26.1 Å². The van der Waals surface area contributed by atoms with Crippen molar-refractivity contribution in [3.63, 3.8) is 0 Å². The van der Waals surface area contributed by atoms with Crippen LogP contribution >= 0.6 is 0 Å². The van der Waals surface area contributed by atoms with Crippen molar-refractivity contribution in [1.29, 1.82) is 0 Å². The topological polar surface area (TPSA) is 132 Å². The fraction of sp³-hybridized carbons (Fsp3) is 0.273. The van der Waals surface area contributed by atoms with Crippen LogP contribution in [0.15, 0.2) is 48.7 Å². The molecule has 1 atom stereocenters. The van der Waals surface area contributed by atoms with Crippen LogP contribution in [-0.2, 0) is 6.42 Å². The number of H-pyrrole nitrogens is 2. The maximum absolute atomic E-state index is 12.4. The third-order valence-corrected chi connectivity index (χ3v) is 4.83. The van der Waals surface area contributed by atoms with Crippen LogP contribution in [0.5, 0.6) is 0 Å². The molecule has 4 rings (SSSR count). The summed E-state index contributed by atoms with van der Waals surface area (Å²) < 4.78 is 0. The number of hydrogen-bond acceptors (Lipinski definition) is 5. The maximum atomic E-state index is 12.4. The molecule has 4 aromatic rings. The zero-order chi connectivity index (χ0) is 22.0. The summed E-state index contributed by atoms with van der Waals surface area (Å²) in [6.07, 6.45) is 2.10. The summed E-state index contributed by atoms with van der Waals surface area (Å²) in [7, 11) is 0. The van der Waals surface area contributed by atoms with E-state index in [1.165, 1.54) is 0 Å². The first-order chi connectivity index (χ1) is 14.8. The number of anilines is 1. The third kappa shape index (κ3) is 4.89. The predicted molar refractivity (Wildman–Crippen MR) is 118 cm³/mol. The first kappa shape index (κ1) is 20.5. The number of nitrogens with zero attached hydrogens (tertiary/aromatic N) is 3. The number of aromatic nitrogens is 5.